The van der Waals surface area contributed by atoms with Crippen molar-refractivity contribution < 1.29 is 9.59 Å². The highest BCUT2D eigenvalue weighted by Crippen LogP contribution is 2.20. The Kier molecular flexibility index (Phi) is 4.32. The molecular formula is C16H23N3O2. The molecule has 2 unspecified atom stereocenters. The van der Waals surface area contributed by atoms with Gasteiger partial charge < -0.3 is 16.0 Å². The molecule has 2 atom stereocenters. The van der Waals surface area contributed by atoms with Crippen molar-refractivity contribution in [1.29, 1.82) is 0 Å². The minimum absolute atomic E-state index is 0.0257. The van der Waals surface area contributed by atoms with E-state index < -0.39 is 11.6 Å². The van der Waals surface area contributed by atoms with Gasteiger partial charge in [-0.15, -0.1) is 0 Å². The molecule has 21 heavy (non-hydrogen) atoms. The van der Waals surface area contributed by atoms with Crippen molar-refractivity contribution in [2.45, 2.75) is 44.8 Å². The lowest BCUT2D eigenvalue weighted by Gasteiger charge is -2.26. The lowest BCUT2D eigenvalue weighted by atomic mass is 9.92. The molecule has 1 aliphatic rings. The average Bonchev–Trinajstić information content (AvgIpc) is 2.81. The summed E-state index contributed by atoms with van der Waals surface area (Å²) in [5, 5.41) is 2.80. The molecule has 0 radical (unpaired) electrons. The molecule has 0 aliphatic carbocycles. The van der Waals surface area contributed by atoms with Crippen LogP contribution in [0.3, 0.4) is 0 Å². The lowest BCUT2D eigenvalue weighted by Crippen LogP contribution is -2.53. The van der Waals surface area contributed by atoms with Crippen LogP contribution in [0, 0.1) is 0 Å². The second kappa shape index (κ2) is 5.85. The van der Waals surface area contributed by atoms with Gasteiger partial charge in [0, 0.05) is 12.6 Å². The fraction of sp³-hybridized carbons (Fsp3) is 0.500. The minimum atomic E-state index is -1.15. The molecule has 114 valence electrons. The first-order chi connectivity index (χ1) is 9.84. The van der Waals surface area contributed by atoms with Crippen LogP contribution in [0.15, 0.2) is 30.3 Å². The molecule has 1 aromatic carbocycles. The standard InChI is InChI=1S/C16H23N3O2/c1-11(2)19-10-9-13(14(19)20)18-15(21)16(3,17)12-7-5-4-6-8-12/h4-8,11,13H,9-10,17H2,1-3H3,(H,18,21). The van der Waals surface area contributed by atoms with Crippen molar-refractivity contribution in [2.24, 2.45) is 5.73 Å². The number of carbonyl (C=O) groups is 2. The number of nitrogens with two attached hydrogens (primary N) is 1. The molecule has 0 spiro atoms. The SMILES string of the molecule is CC(C)N1CCC(NC(=O)C(C)(N)c2ccccc2)C1=O. The van der Waals surface area contributed by atoms with Crippen LogP contribution in [0.1, 0.15) is 32.8 Å². The summed E-state index contributed by atoms with van der Waals surface area (Å²) in [6.07, 6.45) is 0.633. The van der Waals surface area contributed by atoms with Crippen LogP contribution in [-0.2, 0) is 15.1 Å². The van der Waals surface area contributed by atoms with Crippen molar-refractivity contribution in [3.05, 3.63) is 35.9 Å². The topological polar surface area (TPSA) is 75.4 Å². The fourth-order valence-corrected chi connectivity index (χ4v) is 2.57. The third-order valence-corrected chi connectivity index (χ3v) is 4.01. The van der Waals surface area contributed by atoms with Gasteiger partial charge in [0.15, 0.2) is 0 Å². The van der Waals surface area contributed by atoms with E-state index in [0.717, 1.165) is 5.56 Å². The number of nitrogens with one attached hydrogen (secondary N) is 1. The van der Waals surface area contributed by atoms with Gasteiger partial charge in [-0.25, -0.2) is 0 Å². The monoisotopic (exact) mass is 289 g/mol. The van der Waals surface area contributed by atoms with Gasteiger partial charge in [-0.3, -0.25) is 9.59 Å². The van der Waals surface area contributed by atoms with E-state index in [1.807, 2.05) is 44.2 Å². The van der Waals surface area contributed by atoms with Crippen molar-refractivity contribution >= 4 is 11.8 Å². The minimum Gasteiger partial charge on any atom is -0.342 e. The van der Waals surface area contributed by atoms with Crippen molar-refractivity contribution in [3.63, 3.8) is 0 Å². The maximum atomic E-state index is 12.4. The van der Waals surface area contributed by atoms with E-state index in [0.29, 0.717) is 13.0 Å². The summed E-state index contributed by atoms with van der Waals surface area (Å²) >= 11 is 0. The average molecular weight is 289 g/mol. The van der Waals surface area contributed by atoms with E-state index in [4.69, 9.17) is 5.73 Å². The molecule has 3 N–H and O–H groups in total. The molecule has 0 saturated carbocycles. The molecule has 1 aromatic rings. The molecule has 1 fully saturated rings. The summed E-state index contributed by atoms with van der Waals surface area (Å²) in [4.78, 5) is 26.4. The van der Waals surface area contributed by atoms with Gasteiger partial charge in [0.05, 0.1) is 0 Å². The van der Waals surface area contributed by atoms with E-state index in [2.05, 4.69) is 5.32 Å². The number of hydrogen-bond donors (Lipinski definition) is 2. The second-order valence-corrected chi connectivity index (χ2v) is 6.01. The smallest absolute Gasteiger partial charge is 0.245 e. The number of carbonyl (C=O) groups excluding carboxylic acids is 2. The van der Waals surface area contributed by atoms with E-state index in [-0.39, 0.29) is 17.9 Å². The van der Waals surface area contributed by atoms with Crippen LogP contribution in [0.4, 0.5) is 0 Å². The van der Waals surface area contributed by atoms with Gasteiger partial charge in [0.2, 0.25) is 11.8 Å². The Morgan fingerprint density at radius 1 is 1.38 bits per heavy atom. The molecular weight excluding hydrogens is 266 g/mol. The normalized spacial score (nSPS) is 21.5. The Morgan fingerprint density at radius 3 is 2.52 bits per heavy atom. The first-order valence-electron chi connectivity index (χ1n) is 7.30. The third-order valence-electron chi connectivity index (χ3n) is 4.01. The lowest BCUT2D eigenvalue weighted by molar-refractivity contribution is -0.135. The zero-order valence-corrected chi connectivity index (χ0v) is 12.8. The van der Waals surface area contributed by atoms with E-state index in [9.17, 15) is 9.59 Å². The maximum Gasteiger partial charge on any atom is 0.245 e. The Hall–Kier alpha value is -1.88. The Morgan fingerprint density at radius 2 is 2.00 bits per heavy atom. The summed E-state index contributed by atoms with van der Waals surface area (Å²) in [6, 6.07) is 8.87. The first-order valence-corrected chi connectivity index (χ1v) is 7.30. The summed E-state index contributed by atoms with van der Waals surface area (Å²) < 4.78 is 0. The van der Waals surface area contributed by atoms with E-state index in [1.165, 1.54) is 0 Å². The van der Waals surface area contributed by atoms with Crippen molar-refractivity contribution in [3.8, 4) is 0 Å². The van der Waals surface area contributed by atoms with Gasteiger partial charge in [-0.05, 0) is 32.8 Å². The van der Waals surface area contributed by atoms with E-state index >= 15 is 0 Å². The summed E-state index contributed by atoms with van der Waals surface area (Å²) in [5.74, 6) is -0.347. The van der Waals surface area contributed by atoms with Crippen LogP contribution >= 0.6 is 0 Å². The van der Waals surface area contributed by atoms with Gasteiger partial charge in [0.1, 0.15) is 11.6 Å². The fourth-order valence-electron chi connectivity index (χ4n) is 2.57. The van der Waals surface area contributed by atoms with Crippen LogP contribution in [0.5, 0.6) is 0 Å². The van der Waals surface area contributed by atoms with Gasteiger partial charge in [0.25, 0.3) is 0 Å². The number of benzene rings is 1. The number of nitrogens with zero attached hydrogens (tertiary/aromatic N) is 1. The van der Waals surface area contributed by atoms with Gasteiger partial charge in [-0.1, -0.05) is 30.3 Å². The highest BCUT2D eigenvalue weighted by Gasteiger charge is 2.38. The molecule has 1 saturated heterocycles. The van der Waals surface area contributed by atoms with Gasteiger partial charge >= 0.3 is 0 Å². The molecule has 2 rings (SSSR count). The molecule has 0 aromatic heterocycles. The quantitative estimate of drug-likeness (QED) is 0.868. The van der Waals surface area contributed by atoms with Crippen LogP contribution < -0.4 is 11.1 Å². The predicted octanol–water partition coefficient (Wildman–Crippen LogP) is 0.986. The molecule has 1 aliphatic heterocycles. The summed E-state index contributed by atoms with van der Waals surface area (Å²) in [5.41, 5.74) is 5.75. The van der Waals surface area contributed by atoms with Crippen LogP contribution in [0.2, 0.25) is 0 Å². The number of hydrogen-bond acceptors (Lipinski definition) is 3. The third kappa shape index (κ3) is 3.08. The summed E-state index contributed by atoms with van der Waals surface area (Å²) in [7, 11) is 0. The number of likely N-dealkylation sites (tertiary alicyclic amines) is 1. The number of amides is 2. The Labute approximate surface area is 125 Å². The largest absolute Gasteiger partial charge is 0.342 e. The van der Waals surface area contributed by atoms with Crippen LogP contribution in [0.25, 0.3) is 0 Å². The van der Waals surface area contributed by atoms with Crippen molar-refractivity contribution in [1.82, 2.24) is 10.2 Å². The van der Waals surface area contributed by atoms with E-state index in [1.54, 1.807) is 11.8 Å². The zero-order chi connectivity index (χ0) is 15.6. The Bertz CT molecular complexity index is 526. The zero-order valence-electron chi connectivity index (χ0n) is 12.8. The molecule has 0 bridgehead atoms. The van der Waals surface area contributed by atoms with Crippen LogP contribution in [-0.4, -0.2) is 35.3 Å². The first kappa shape index (κ1) is 15.5. The molecule has 5 nitrogen and oxygen atoms in total. The highest BCUT2D eigenvalue weighted by molar-refractivity contribution is 5.93. The second-order valence-electron chi connectivity index (χ2n) is 6.01. The summed E-state index contributed by atoms with van der Waals surface area (Å²) in [6.45, 7) is 6.28. The van der Waals surface area contributed by atoms with Crippen molar-refractivity contribution in [2.75, 3.05) is 6.54 Å². The van der Waals surface area contributed by atoms with Gasteiger partial charge in [-0.2, -0.15) is 0 Å². The Balaban J connectivity index is 2.07. The number of rotatable bonds is 4. The molecule has 5 heteroatoms. The predicted molar refractivity (Wildman–Crippen MR) is 81.4 cm³/mol. The molecule has 1 heterocycles. The maximum absolute atomic E-state index is 12.4. The molecule has 2 amide bonds. The highest BCUT2D eigenvalue weighted by atomic mass is 16.2.